The molecule has 0 bridgehead atoms. The van der Waals surface area contributed by atoms with Gasteiger partial charge in [0.05, 0.1) is 31.9 Å². The smallest absolute Gasteiger partial charge is 0.269 e. The Balaban J connectivity index is 3.37. The molecule has 1 heterocycles. The van der Waals surface area contributed by atoms with Crippen LogP contribution in [0.3, 0.4) is 0 Å². The summed E-state index contributed by atoms with van der Waals surface area (Å²) >= 11 is 5.59. The summed E-state index contributed by atoms with van der Waals surface area (Å²) in [6.07, 6.45) is -1.39. The van der Waals surface area contributed by atoms with E-state index in [0.717, 1.165) is 0 Å². The molecule has 0 atom stereocenters. The van der Waals surface area contributed by atoms with Crippen LogP contribution in [0.5, 0.6) is 11.6 Å². The van der Waals surface area contributed by atoms with Gasteiger partial charge in [-0.05, 0) is 0 Å². The van der Waals surface area contributed by atoms with Crippen molar-refractivity contribution in [3.8, 4) is 11.6 Å². The van der Waals surface area contributed by atoms with Crippen LogP contribution in [0.2, 0.25) is 0 Å². The molecule has 0 unspecified atom stereocenters. The van der Waals surface area contributed by atoms with E-state index in [4.69, 9.17) is 21.1 Å². The highest BCUT2D eigenvalue weighted by Crippen LogP contribution is 2.36. The Morgan fingerprint density at radius 2 is 2.07 bits per heavy atom. The van der Waals surface area contributed by atoms with E-state index in [1.54, 1.807) is 0 Å². The van der Waals surface area contributed by atoms with Crippen molar-refractivity contribution in [2.75, 3.05) is 14.2 Å². The van der Waals surface area contributed by atoms with Crippen LogP contribution in [-0.4, -0.2) is 19.2 Å². The third-order valence-corrected chi connectivity index (χ3v) is 2.18. The van der Waals surface area contributed by atoms with Crippen molar-refractivity contribution in [1.29, 1.82) is 0 Å². The minimum absolute atomic E-state index is 0.0816. The molecule has 0 radical (unpaired) electrons. The van der Waals surface area contributed by atoms with E-state index < -0.39 is 6.43 Å². The van der Waals surface area contributed by atoms with Crippen molar-refractivity contribution in [3.05, 3.63) is 17.3 Å². The first-order valence-corrected chi connectivity index (χ1v) is 4.63. The predicted octanol–water partition coefficient (Wildman–Crippen LogP) is 2.78. The topological polar surface area (TPSA) is 31.4 Å². The maximum absolute atomic E-state index is 12.7. The minimum Gasteiger partial charge on any atom is -0.495 e. The minimum atomic E-state index is -2.70. The van der Waals surface area contributed by atoms with Crippen molar-refractivity contribution in [2.45, 2.75) is 12.3 Å². The molecule has 1 aromatic heterocycles. The highest BCUT2D eigenvalue weighted by Gasteiger charge is 2.22. The summed E-state index contributed by atoms with van der Waals surface area (Å²) in [4.78, 5) is 3.71. The first kappa shape index (κ1) is 12.0. The van der Waals surface area contributed by atoms with Crippen molar-refractivity contribution >= 4 is 11.6 Å². The van der Waals surface area contributed by atoms with E-state index in [2.05, 4.69) is 4.98 Å². The van der Waals surface area contributed by atoms with E-state index in [-0.39, 0.29) is 28.6 Å². The first-order valence-electron chi connectivity index (χ1n) is 4.09. The highest BCUT2D eigenvalue weighted by molar-refractivity contribution is 6.17. The number of halogens is 3. The van der Waals surface area contributed by atoms with Crippen LogP contribution >= 0.6 is 11.6 Å². The number of alkyl halides is 3. The fourth-order valence-corrected chi connectivity index (χ4v) is 1.50. The van der Waals surface area contributed by atoms with Crippen LogP contribution in [0.4, 0.5) is 8.78 Å². The number of methoxy groups -OCH3 is 2. The number of nitrogens with zero attached hydrogens (tertiary/aromatic N) is 1. The number of hydrogen-bond acceptors (Lipinski definition) is 3. The van der Waals surface area contributed by atoms with Crippen molar-refractivity contribution in [3.63, 3.8) is 0 Å². The van der Waals surface area contributed by atoms with Gasteiger partial charge in [-0.25, -0.2) is 13.8 Å². The summed E-state index contributed by atoms with van der Waals surface area (Å²) in [6.45, 7) is 0. The lowest BCUT2D eigenvalue weighted by atomic mass is 10.1. The van der Waals surface area contributed by atoms with Crippen LogP contribution < -0.4 is 9.47 Å². The van der Waals surface area contributed by atoms with Crippen molar-refractivity contribution < 1.29 is 18.3 Å². The van der Waals surface area contributed by atoms with Gasteiger partial charge in [0.15, 0.2) is 0 Å². The summed E-state index contributed by atoms with van der Waals surface area (Å²) in [5.74, 6) is 0.0319. The number of pyridine rings is 1. The molecule has 3 nitrogen and oxygen atoms in total. The lowest BCUT2D eigenvalue weighted by molar-refractivity contribution is 0.144. The van der Waals surface area contributed by atoms with Crippen LogP contribution in [0.15, 0.2) is 6.20 Å². The molecule has 0 aliphatic carbocycles. The van der Waals surface area contributed by atoms with Crippen LogP contribution in [0.25, 0.3) is 0 Å². The number of aromatic nitrogens is 1. The van der Waals surface area contributed by atoms with E-state index in [1.807, 2.05) is 0 Å². The number of ether oxygens (including phenoxy) is 2. The number of hydrogen-bond donors (Lipinski definition) is 0. The van der Waals surface area contributed by atoms with Gasteiger partial charge in [0, 0.05) is 5.56 Å². The van der Waals surface area contributed by atoms with Gasteiger partial charge in [-0.1, -0.05) is 0 Å². The molecule has 15 heavy (non-hydrogen) atoms. The molecule has 1 aromatic rings. The largest absolute Gasteiger partial charge is 0.495 e. The second kappa shape index (κ2) is 5.11. The maximum atomic E-state index is 12.7. The van der Waals surface area contributed by atoms with Gasteiger partial charge in [0.2, 0.25) is 5.88 Å². The van der Waals surface area contributed by atoms with Crippen LogP contribution in [-0.2, 0) is 5.88 Å². The van der Waals surface area contributed by atoms with Crippen LogP contribution in [0.1, 0.15) is 17.6 Å². The zero-order chi connectivity index (χ0) is 11.4. The first-order chi connectivity index (χ1) is 7.15. The van der Waals surface area contributed by atoms with E-state index >= 15 is 0 Å². The standard InChI is InChI=1S/C9H10ClF2NO2/c1-14-6-4-13-9(15-2)7(8(11)12)5(6)3-10/h4,8H,3H2,1-2H3. The van der Waals surface area contributed by atoms with Gasteiger partial charge >= 0.3 is 0 Å². The fraction of sp³-hybridized carbons (Fsp3) is 0.444. The zero-order valence-electron chi connectivity index (χ0n) is 8.26. The Labute approximate surface area is 91.0 Å². The van der Waals surface area contributed by atoms with Crippen LogP contribution in [0, 0.1) is 0 Å². The average Bonchev–Trinajstić information content (AvgIpc) is 2.26. The Morgan fingerprint density at radius 1 is 1.40 bits per heavy atom. The predicted molar refractivity (Wildman–Crippen MR) is 51.9 cm³/mol. The third-order valence-electron chi connectivity index (χ3n) is 1.92. The van der Waals surface area contributed by atoms with Crippen molar-refractivity contribution in [2.24, 2.45) is 0 Å². The Morgan fingerprint density at radius 3 is 2.47 bits per heavy atom. The van der Waals surface area contributed by atoms with E-state index in [0.29, 0.717) is 0 Å². The molecule has 0 saturated carbocycles. The summed E-state index contributed by atoms with van der Waals surface area (Å²) in [6, 6.07) is 0. The van der Waals surface area contributed by atoms with Gasteiger partial charge in [-0.3, -0.25) is 0 Å². The lowest BCUT2D eigenvalue weighted by Gasteiger charge is -2.13. The third kappa shape index (κ3) is 2.28. The molecule has 0 aromatic carbocycles. The van der Waals surface area contributed by atoms with E-state index in [1.165, 1.54) is 20.4 Å². The maximum Gasteiger partial charge on any atom is 0.269 e. The molecule has 0 fully saturated rings. The second-order valence-corrected chi connectivity index (χ2v) is 2.93. The average molecular weight is 238 g/mol. The molecule has 0 aliphatic heterocycles. The Bertz CT molecular complexity index is 347. The van der Waals surface area contributed by atoms with Gasteiger partial charge in [-0.2, -0.15) is 0 Å². The van der Waals surface area contributed by atoms with Crippen molar-refractivity contribution in [1.82, 2.24) is 4.98 Å². The quantitative estimate of drug-likeness (QED) is 0.755. The number of rotatable bonds is 4. The molecule has 0 saturated heterocycles. The SMILES string of the molecule is COc1cnc(OC)c(C(F)F)c1CCl. The monoisotopic (exact) mass is 237 g/mol. The normalized spacial score (nSPS) is 10.5. The molecular weight excluding hydrogens is 228 g/mol. The van der Waals surface area contributed by atoms with Gasteiger partial charge in [-0.15, -0.1) is 11.6 Å². The van der Waals surface area contributed by atoms with E-state index in [9.17, 15) is 8.78 Å². The summed E-state index contributed by atoms with van der Waals surface area (Å²) < 4.78 is 35.1. The summed E-state index contributed by atoms with van der Waals surface area (Å²) in [5.41, 5.74) is -0.104. The zero-order valence-corrected chi connectivity index (χ0v) is 9.02. The second-order valence-electron chi connectivity index (χ2n) is 2.66. The van der Waals surface area contributed by atoms with Gasteiger partial charge in [0.25, 0.3) is 6.43 Å². The molecule has 84 valence electrons. The lowest BCUT2D eigenvalue weighted by Crippen LogP contribution is -2.02. The fourth-order valence-electron chi connectivity index (χ4n) is 1.23. The molecule has 0 aliphatic rings. The van der Waals surface area contributed by atoms with Gasteiger partial charge < -0.3 is 9.47 Å². The molecule has 0 spiro atoms. The highest BCUT2D eigenvalue weighted by atomic mass is 35.5. The molecular formula is C9H10ClF2NO2. The molecule has 6 heteroatoms. The van der Waals surface area contributed by atoms with Gasteiger partial charge in [0.1, 0.15) is 5.75 Å². The molecule has 0 amide bonds. The summed E-state index contributed by atoms with van der Waals surface area (Å²) in [7, 11) is 2.65. The summed E-state index contributed by atoms with van der Waals surface area (Å²) in [5, 5.41) is 0. The Hall–Kier alpha value is -1.10. The molecule has 0 N–H and O–H groups in total. The Kier molecular flexibility index (Phi) is 4.08. The molecule has 1 rings (SSSR count).